The van der Waals surface area contributed by atoms with Gasteiger partial charge >= 0.3 is 0 Å². The van der Waals surface area contributed by atoms with Crippen molar-refractivity contribution in [3.63, 3.8) is 0 Å². The van der Waals surface area contributed by atoms with E-state index in [0.717, 1.165) is 16.6 Å². The van der Waals surface area contributed by atoms with Gasteiger partial charge in [-0.15, -0.1) is 24.8 Å². The van der Waals surface area contributed by atoms with E-state index in [1.165, 1.54) is 0 Å². The van der Waals surface area contributed by atoms with Crippen LogP contribution < -0.4 is 10.6 Å². The first-order valence-corrected chi connectivity index (χ1v) is 10.2. The number of nitrogens with one attached hydrogen (secondary N) is 3. The number of benzene rings is 1. The minimum atomic E-state index is -1.19. The number of rotatable bonds is 3. The molecule has 172 valence electrons. The van der Waals surface area contributed by atoms with Gasteiger partial charge in [-0.05, 0) is 25.1 Å². The summed E-state index contributed by atoms with van der Waals surface area (Å²) >= 11 is 0. The minimum Gasteiger partial charge on any atom is -0.351 e. The first kappa shape index (κ1) is 24.0. The van der Waals surface area contributed by atoms with E-state index in [2.05, 4.69) is 20.7 Å². The highest BCUT2D eigenvalue weighted by atomic mass is 35.5. The second-order valence-corrected chi connectivity index (χ2v) is 7.85. The Labute approximate surface area is 196 Å². The Morgan fingerprint density at radius 1 is 1.16 bits per heavy atom. The van der Waals surface area contributed by atoms with Gasteiger partial charge in [0.15, 0.2) is 5.82 Å². The van der Waals surface area contributed by atoms with Gasteiger partial charge in [0.1, 0.15) is 11.9 Å². The van der Waals surface area contributed by atoms with E-state index in [4.69, 9.17) is 0 Å². The molecule has 1 fully saturated rings. The number of hydrogen-bond acceptors (Lipinski definition) is 4. The largest absolute Gasteiger partial charge is 0.351 e. The third-order valence-electron chi connectivity index (χ3n) is 5.84. The van der Waals surface area contributed by atoms with E-state index >= 15 is 0 Å². The number of para-hydroxylation sites is 1. The van der Waals surface area contributed by atoms with Crippen LogP contribution >= 0.6 is 24.8 Å². The van der Waals surface area contributed by atoms with Gasteiger partial charge in [0.2, 0.25) is 5.91 Å². The Morgan fingerprint density at radius 2 is 1.97 bits per heavy atom. The predicted molar refractivity (Wildman–Crippen MR) is 124 cm³/mol. The maximum absolute atomic E-state index is 14.0. The Hall–Kier alpha value is -2.62. The Bertz CT molecular complexity index is 1080. The van der Waals surface area contributed by atoms with Crippen LogP contribution in [0.15, 0.2) is 36.4 Å². The molecule has 2 aromatic heterocycles. The van der Waals surface area contributed by atoms with E-state index in [0.29, 0.717) is 44.1 Å². The van der Waals surface area contributed by atoms with Crippen LogP contribution in [0.25, 0.3) is 10.9 Å². The van der Waals surface area contributed by atoms with Crippen molar-refractivity contribution in [2.24, 2.45) is 5.92 Å². The quantitative estimate of drug-likeness (QED) is 0.534. The van der Waals surface area contributed by atoms with Gasteiger partial charge < -0.3 is 20.5 Å². The van der Waals surface area contributed by atoms with Crippen molar-refractivity contribution in [3.8, 4) is 0 Å². The molecule has 0 unspecified atom stereocenters. The minimum absolute atomic E-state index is 0. The van der Waals surface area contributed by atoms with Crippen LogP contribution in [-0.4, -0.2) is 57.3 Å². The molecular weight excluding hydrogens is 458 g/mol. The second kappa shape index (κ2) is 9.89. The summed E-state index contributed by atoms with van der Waals surface area (Å²) in [7, 11) is 0. The van der Waals surface area contributed by atoms with Crippen molar-refractivity contribution in [3.05, 3.63) is 47.8 Å². The molecule has 1 saturated heterocycles. The number of alkyl halides is 1. The van der Waals surface area contributed by atoms with Gasteiger partial charge in [0.25, 0.3) is 5.91 Å². The number of anilines is 1. The number of aromatic amines is 1. The molecule has 32 heavy (non-hydrogen) atoms. The molecule has 2 aliphatic rings. The van der Waals surface area contributed by atoms with Crippen LogP contribution in [0.4, 0.5) is 10.2 Å². The summed E-state index contributed by atoms with van der Waals surface area (Å²) < 4.78 is 15.8. The van der Waals surface area contributed by atoms with Crippen LogP contribution in [0.5, 0.6) is 0 Å². The molecule has 0 aliphatic carbocycles. The molecule has 1 aromatic carbocycles. The number of aromatic nitrogens is 3. The molecule has 0 bridgehead atoms. The zero-order valence-electron chi connectivity index (χ0n) is 17.2. The fourth-order valence-corrected chi connectivity index (χ4v) is 4.19. The highest BCUT2D eigenvalue weighted by Gasteiger charge is 2.32. The molecule has 8 nitrogen and oxygen atoms in total. The third kappa shape index (κ3) is 4.60. The van der Waals surface area contributed by atoms with E-state index < -0.39 is 12.1 Å². The monoisotopic (exact) mass is 482 g/mol. The number of piperidine rings is 1. The fraction of sp³-hybridized carbons (Fsp3) is 0.381. The van der Waals surface area contributed by atoms with Gasteiger partial charge in [-0.25, -0.2) is 4.39 Å². The summed E-state index contributed by atoms with van der Waals surface area (Å²) in [5.74, 6) is -0.671. The smallest absolute Gasteiger partial charge is 0.270 e. The lowest BCUT2D eigenvalue weighted by molar-refractivity contribution is -0.122. The lowest BCUT2D eigenvalue weighted by atomic mass is 9.95. The van der Waals surface area contributed by atoms with Crippen molar-refractivity contribution >= 4 is 53.3 Å². The van der Waals surface area contributed by atoms with Crippen molar-refractivity contribution < 1.29 is 14.0 Å². The van der Waals surface area contributed by atoms with Crippen LogP contribution in [0, 0.1) is 5.92 Å². The normalized spacial score (nSPS) is 20.1. The van der Waals surface area contributed by atoms with Crippen LogP contribution in [0.3, 0.4) is 0 Å². The predicted octanol–water partition coefficient (Wildman–Crippen LogP) is 2.75. The molecule has 11 heteroatoms. The number of carbonyl (C=O) groups is 2. The molecular formula is C21H25Cl2FN6O2. The highest BCUT2D eigenvalue weighted by Crippen LogP contribution is 2.22. The molecule has 2 amide bonds. The van der Waals surface area contributed by atoms with Crippen LogP contribution in [0.2, 0.25) is 0 Å². The van der Waals surface area contributed by atoms with Gasteiger partial charge in [-0.2, -0.15) is 5.10 Å². The Kier molecular flexibility index (Phi) is 7.43. The van der Waals surface area contributed by atoms with Crippen molar-refractivity contribution in [1.29, 1.82) is 0 Å². The zero-order chi connectivity index (χ0) is 20.7. The summed E-state index contributed by atoms with van der Waals surface area (Å²) in [4.78, 5) is 30.3. The number of amides is 2. The highest BCUT2D eigenvalue weighted by molar-refractivity contribution is 5.98. The van der Waals surface area contributed by atoms with Crippen molar-refractivity contribution in [2.45, 2.75) is 25.7 Å². The van der Waals surface area contributed by atoms with Crippen LogP contribution in [-0.2, 0) is 17.9 Å². The maximum atomic E-state index is 14.0. The van der Waals surface area contributed by atoms with Gasteiger partial charge in [0.05, 0.1) is 24.7 Å². The van der Waals surface area contributed by atoms with Crippen molar-refractivity contribution in [1.82, 2.24) is 25.0 Å². The standard InChI is InChI=1S/C21H23FN6O2.2ClH/c22-16-11-23-6-5-15(16)20(29)25-19-10-14-12-27(7-8-28(14)26-19)21(30)18-9-13-3-1-2-4-17(13)24-18;;/h1-4,9-10,15-16,23-24H,5-8,11-12H2,(H,25,26,29);2*1H/t15-,16-;;/m0../s1. The van der Waals surface area contributed by atoms with E-state index in [1.807, 2.05) is 30.3 Å². The second-order valence-electron chi connectivity index (χ2n) is 7.85. The molecule has 3 aromatic rings. The van der Waals surface area contributed by atoms with E-state index in [9.17, 15) is 14.0 Å². The van der Waals surface area contributed by atoms with E-state index in [1.54, 1.807) is 15.6 Å². The number of hydrogen-bond donors (Lipinski definition) is 3. The number of halogens is 3. The summed E-state index contributed by atoms with van der Waals surface area (Å²) in [6.07, 6.45) is -0.728. The number of nitrogens with zero attached hydrogens (tertiary/aromatic N) is 3. The average molecular weight is 483 g/mol. The molecule has 0 radical (unpaired) electrons. The lowest BCUT2D eigenvalue weighted by Crippen LogP contribution is -2.43. The number of H-pyrrole nitrogens is 1. The first-order valence-electron chi connectivity index (χ1n) is 10.2. The van der Waals surface area contributed by atoms with Gasteiger partial charge in [-0.1, -0.05) is 18.2 Å². The SMILES string of the molecule is Cl.Cl.O=C(Nc1cc2n(n1)CCN(C(=O)c1cc3ccccc3[nH]1)C2)[C@H]1CCNC[C@@H]1F. The average Bonchev–Trinajstić information content (AvgIpc) is 3.36. The summed E-state index contributed by atoms with van der Waals surface area (Å²) in [5, 5.41) is 11.1. The van der Waals surface area contributed by atoms with Gasteiger partial charge in [0, 0.05) is 30.1 Å². The van der Waals surface area contributed by atoms with E-state index in [-0.39, 0.29) is 43.2 Å². The zero-order valence-corrected chi connectivity index (χ0v) is 18.8. The first-order chi connectivity index (χ1) is 14.6. The molecule has 3 N–H and O–H groups in total. The topological polar surface area (TPSA) is 95.1 Å². The van der Waals surface area contributed by atoms with Gasteiger partial charge in [-0.3, -0.25) is 14.3 Å². The molecule has 5 rings (SSSR count). The molecule has 0 spiro atoms. The number of carbonyl (C=O) groups excluding carboxylic acids is 2. The summed E-state index contributed by atoms with van der Waals surface area (Å²) in [6, 6.07) is 11.4. The molecule has 4 heterocycles. The molecule has 2 aliphatic heterocycles. The third-order valence-corrected chi connectivity index (χ3v) is 5.84. The summed E-state index contributed by atoms with van der Waals surface area (Å²) in [6.45, 7) is 2.29. The lowest BCUT2D eigenvalue weighted by Gasteiger charge is -2.27. The Balaban J connectivity index is 0.00000144. The fourth-order valence-electron chi connectivity index (χ4n) is 4.19. The maximum Gasteiger partial charge on any atom is 0.270 e. The molecule has 0 saturated carbocycles. The van der Waals surface area contributed by atoms with Crippen molar-refractivity contribution in [2.75, 3.05) is 25.0 Å². The Morgan fingerprint density at radius 3 is 2.75 bits per heavy atom. The molecule has 2 atom stereocenters. The number of fused-ring (bicyclic) bond motifs is 2. The van der Waals surface area contributed by atoms with Crippen LogP contribution in [0.1, 0.15) is 22.6 Å². The summed E-state index contributed by atoms with van der Waals surface area (Å²) in [5.41, 5.74) is 2.32.